The van der Waals surface area contributed by atoms with Gasteiger partial charge in [0.15, 0.2) is 0 Å². The van der Waals surface area contributed by atoms with E-state index in [-0.39, 0.29) is 23.8 Å². The molecule has 9 heteroatoms. The van der Waals surface area contributed by atoms with E-state index in [1.54, 1.807) is 6.07 Å². The van der Waals surface area contributed by atoms with Crippen LogP contribution in [0.5, 0.6) is 5.75 Å². The predicted molar refractivity (Wildman–Crippen MR) is 132 cm³/mol. The number of aromatic nitrogens is 2. The van der Waals surface area contributed by atoms with Crippen molar-refractivity contribution < 1.29 is 23.1 Å². The number of aromatic amines is 1. The molecule has 1 atom stereocenters. The van der Waals surface area contributed by atoms with Crippen LogP contribution in [0.3, 0.4) is 0 Å². The van der Waals surface area contributed by atoms with Crippen LogP contribution in [0.15, 0.2) is 72.8 Å². The smallest absolute Gasteiger partial charge is 0.387 e. The van der Waals surface area contributed by atoms with Gasteiger partial charge in [-0.25, -0.2) is 4.98 Å². The molecular weight excluding hydrogens is 466 g/mol. The van der Waals surface area contributed by atoms with E-state index in [0.29, 0.717) is 25.1 Å². The van der Waals surface area contributed by atoms with Gasteiger partial charge in [-0.15, -0.1) is 0 Å². The summed E-state index contributed by atoms with van der Waals surface area (Å²) in [6.07, 6.45) is 1.26. The van der Waals surface area contributed by atoms with Crippen molar-refractivity contribution >= 4 is 28.5 Å². The highest BCUT2D eigenvalue weighted by atomic mass is 19.3. The molecule has 0 spiro atoms. The van der Waals surface area contributed by atoms with Crippen LogP contribution in [0.1, 0.15) is 23.2 Å². The number of hydrogen-bond acceptors (Lipinski definition) is 4. The normalized spacial score (nSPS) is 15.8. The van der Waals surface area contributed by atoms with E-state index in [0.717, 1.165) is 22.4 Å². The van der Waals surface area contributed by atoms with Crippen LogP contribution < -0.4 is 10.1 Å². The molecule has 0 aliphatic carbocycles. The molecule has 0 bridgehead atoms. The first-order chi connectivity index (χ1) is 17.5. The van der Waals surface area contributed by atoms with Gasteiger partial charge in [0.25, 0.3) is 5.91 Å². The average Bonchev–Trinajstić information content (AvgIpc) is 3.33. The number of piperidine rings is 1. The molecular formula is C27H24F2N4O3. The summed E-state index contributed by atoms with van der Waals surface area (Å²) in [5.41, 5.74) is 3.41. The van der Waals surface area contributed by atoms with Gasteiger partial charge in [0.05, 0.1) is 22.5 Å². The van der Waals surface area contributed by atoms with E-state index in [1.165, 1.54) is 23.1 Å². The molecule has 184 valence electrons. The Kier molecular flexibility index (Phi) is 6.62. The quantitative estimate of drug-likeness (QED) is 0.383. The molecule has 1 aliphatic heterocycles. The van der Waals surface area contributed by atoms with Crippen LogP contribution in [-0.2, 0) is 4.79 Å². The van der Waals surface area contributed by atoms with E-state index < -0.39 is 18.4 Å². The van der Waals surface area contributed by atoms with Crippen LogP contribution in [0.25, 0.3) is 22.4 Å². The predicted octanol–water partition coefficient (Wildman–Crippen LogP) is 5.32. The molecule has 7 nitrogen and oxygen atoms in total. The molecule has 2 amide bonds. The van der Waals surface area contributed by atoms with Gasteiger partial charge >= 0.3 is 6.61 Å². The van der Waals surface area contributed by atoms with Crippen LogP contribution >= 0.6 is 0 Å². The van der Waals surface area contributed by atoms with Crippen molar-refractivity contribution in [3.63, 3.8) is 0 Å². The number of benzene rings is 3. The third-order valence-corrected chi connectivity index (χ3v) is 6.23. The molecule has 1 unspecified atom stereocenters. The Hall–Kier alpha value is -4.27. The second-order valence-electron chi connectivity index (χ2n) is 8.63. The number of rotatable bonds is 6. The zero-order valence-electron chi connectivity index (χ0n) is 19.3. The molecule has 1 fully saturated rings. The Morgan fingerprint density at radius 3 is 2.56 bits per heavy atom. The molecule has 1 saturated heterocycles. The lowest BCUT2D eigenvalue weighted by molar-refractivity contribution is -0.121. The number of alkyl halides is 2. The standard InChI is InChI=1S/C27H24F2N4O3/c28-27(29)36-23-10-4-1-7-20(23)26(35)33-15-5-6-18(16-33)25(34)30-19-13-11-17(12-14-19)24-31-21-8-2-3-9-22(21)32-24/h1-4,7-14,18,27H,5-6,15-16H2,(H,30,34)(H,31,32). The van der Waals surface area contributed by atoms with Gasteiger partial charge < -0.3 is 19.9 Å². The van der Waals surface area contributed by atoms with Gasteiger partial charge in [-0.05, 0) is 61.4 Å². The van der Waals surface area contributed by atoms with Gasteiger partial charge in [-0.2, -0.15) is 8.78 Å². The zero-order valence-corrected chi connectivity index (χ0v) is 19.3. The Balaban J connectivity index is 1.24. The summed E-state index contributed by atoms with van der Waals surface area (Å²) in [7, 11) is 0. The van der Waals surface area contributed by atoms with Gasteiger partial charge in [-0.1, -0.05) is 24.3 Å². The number of fused-ring (bicyclic) bond motifs is 1. The van der Waals surface area contributed by atoms with Gasteiger partial charge in [0, 0.05) is 24.3 Å². The summed E-state index contributed by atoms with van der Waals surface area (Å²) in [5.74, 6) is -0.471. The highest BCUT2D eigenvalue weighted by molar-refractivity contribution is 5.98. The highest BCUT2D eigenvalue weighted by Gasteiger charge is 2.30. The summed E-state index contributed by atoms with van der Waals surface area (Å²) < 4.78 is 30.0. The number of anilines is 1. The minimum absolute atomic E-state index is 0.0556. The largest absolute Gasteiger partial charge is 0.434 e. The number of halogens is 2. The monoisotopic (exact) mass is 490 g/mol. The number of nitrogens with zero attached hydrogens (tertiary/aromatic N) is 2. The summed E-state index contributed by atoms with van der Waals surface area (Å²) in [5, 5.41) is 2.92. The molecule has 0 saturated carbocycles. The van der Waals surface area contributed by atoms with E-state index in [1.807, 2.05) is 48.5 Å². The van der Waals surface area contributed by atoms with Gasteiger partial charge in [0.1, 0.15) is 11.6 Å². The topological polar surface area (TPSA) is 87.3 Å². The Morgan fingerprint density at radius 1 is 1.03 bits per heavy atom. The Labute approximate surface area is 206 Å². The second-order valence-corrected chi connectivity index (χ2v) is 8.63. The summed E-state index contributed by atoms with van der Waals surface area (Å²) >= 11 is 0. The molecule has 1 aromatic heterocycles. The number of ether oxygens (including phenoxy) is 1. The SMILES string of the molecule is O=C(Nc1ccc(-c2nc3ccccc3[nH]2)cc1)C1CCCN(C(=O)c2ccccc2OC(F)F)C1. The maximum Gasteiger partial charge on any atom is 0.387 e. The van der Waals surface area contributed by atoms with E-state index in [4.69, 9.17) is 0 Å². The second kappa shape index (κ2) is 10.2. The summed E-state index contributed by atoms with van der Waals surface area (Å²) in [4.78, 5) is 35.4. The van der Waals surface area contributed by atoms with Gasteiger partial charge in [-0.3, -0.25) is 9.59 Å². The van der Waals surface area contributed by atoms with E-state index >= 15 is 0 Å². The maximum absolute atomic E-state index is 13.0. The number of amides is 2. The minimum Gasteiger partial charge on any atom is -0.434 e. The summed E-state index contributed by atoms with van der Waals surface area (Å²) in [6, 6.07) is 21.1. The number of carbonyl (C=O) groups is 2. The van der Waals surface area contributed by atoms with Crippen molar-refractivity contribution in [1.29, 1.82) is 0 Å². The van der Waals surface area contributed by atoms with Crippen LogP contribution in [0, 0.1) is 5.92 Å². The fraction of sp³-hybridized carbons (Fsp3) is 0.222. The number of likely N-dealkylation sites (tertiary alicyclic amines) is 1. The highest BCUT2D eigenvalue weighted by Crippen LogP contribution is 2.26. The number of hydrogen-bond donors (Lipinski definition) is 2. The van der Waals surface area contributed by atoms with Crippen molar-refractivity contribution in [2.45, 2.75) is 19.5 Å². The lowest BCUT2D eigenvalue weighted by atomic mass is 9.96. The van der Waals surface area contributed by atoms with E-state index in [9.17, 15) is 18.4 Å². The Bertz CT molecular complexity index is 1350. The first-order valence-corrected chi connectivity index (χ1v) is 11.7. The number of carbonyl (C=O) groups excluding carboxylic acids is 2. The Morgan fingerprint density at radius 2 is 1.78 bits per heavy atom. The average molecular weight is 491 g/mol. The fourth-order valence-corrected chi connectivity index (χ4v) is 4.43. The minimum atomic E-state index is -3.03. The van der Waals surface area contributed by atoms with Gasteiger partial charge in [0.2, 0.25) is 5.91 Å². The van der Waals surface area contributed by atoms with Crippen molar-refractivity contribution in [2.24, 2.45) is 5.92 Å². The number of imidazole rings is 1. The lowest BCUT2D eigenvalue weighted by Crippen LogP contribution is -2.43. The molecule has 1 aliphatic rings. The van der Waals surface area contributed by atoms with E-state index in [2.05, 4.69) is 20.0 Å². The summed E-state index contributed by atoms with van der Waals surface area (Å²) in [6.45, 7) is -2.39. The molecule has 0 radical (unpaired) electrons. The first kappa shape index (κ1) is 23.5. The first-order valence-electron chi connectivity index (χ1n) is 11.7. The van der Waals surface area contributed by atoms with Crippen molar-refractivity contribution in [3.05, 3.63) is 78.4 Å². The lowest BCUT2D eigenvalue weighted by Gasteiger charge is -2.32. The number of nitrogens with one attached hydrogen (secondary N) is 2. The maximum atomic E-state index is 13.0. The molecule has 2 N–H and O–H groups in total. The molecule has 36 heavy (non-hydrogen) atoms. The van der Waals surface area contributed by atoms with Crippen molar-refractivity contribution in [1.82, 2.24) is 14.9 Å². The van der Waals surface area contributed by atoms with Crippen molar-refractivity contribution in [3.8, 4) is 17.1 Å². The molecule has 5 rings (SSSR count). The third kappa shape index (κ3) is 5.05. The number of H-pyrrole nitrogens is 1. The van der Waals surface area contributed by atoms with Crippen molar-refractivity contribution in [2.75, 3.05) is 18.4 Å². The van der Waals surface area contributed by atoms with Crippen LogP contribution in [-0.4, -0.2) is 46.4 Å². The third-order valence-electron chi connectivity index (χ3n) is 6.23. The van der Waals surface area contributed by atoms with Crippen LogP contribution in [0.4, 0.5) is 14.5 Å². The molecule has 2 heterocycles. The van der Waals surface area contributed by atoms with Crippen LogP contribution in [0.2, 0.25) is 0 Å². The molecule has 3 aromatic carbocycles. The fourth-order valence-electron chi connectivity index (χ4n) is 4.43. The number of para-hydroxylation sites is 3. The molecule has 4 aromatic rings. The zero-order chi connectivity index (χ0) is 25.1.